The summed E-state index contributed by atoms with van der Waals surface area (Å²) >= 11 is 0. The lowest BCUT2D eigenvalue weighted by Crippen LogP contribution is -2.41. The first-order valence-corrected chi connectivity index (χ1v) is 7.26. The highest BCUT2D eigenvalue weighted by atomic mass is 16.7. The Labute approximate surface area is 125 Å². The Morgan fingerprint density at radius 2 is 1.86 bits per heavy atom. The van der Waals surface area contributed by atoms with E-state index in [0.29, 0.717) is 6.54 Å². The maximum Gasteiger partial charge on any atom is 0.494 e. The van der Waals surface area contributed by atoms with Gasteiger partial charge in [-0.2, -0.15) is 5.10 Å². The SMILES string of the molecule is CC1(C)OB(c2ccc3nn(CCO)cc3c2)OC1(C)C. The topological polar surface area (TPSA) is 56.5 Å². The van der Waals surface area contributed by atoms with Crippen LogP contribution in [0.15, 0.2) is 24.4 Å². The fourth-order valence-corrected chi connectivity index (χ4v) is 2.44. The second-order valence-electron chi connectivity index (χ2n) is 6.52. The summed E-state index contributed by atoms with van der Waals surface area (Å²) in [6, 6.07) is 5.99. The molecule has 112 valence electrons. The first-order valence-electron chi connectivity index (χ1n) is 7.26. The number of hydrogen-bond donors (Lipinski definition) is 1. The van der Waals surface area contributed by atoms with Gasteiger partial charge in [0, 0.05) is 11.6 Å². The number of rotatable bonds is 3. The molecule has 21 heavy (non-hydrogen) atoms. The summed E-state index contributed by atoms with van der Waals surface area (Å²) in [6.45, 7) is 8.77. The minimum absolute atomic E-state index is 0.0814. The lowest BCUT2D eigenvalue weighted by atomic mass is 9.79. The van der Waals surface area contributed by atoms with Crippen molar-refractivity contribution in [3.8, 4) is 0 Å². The first-order chi connectivity index (χ1) is 9.82. The molecule has 1 N–H and O–H groups in total. The van der Waals surface area contributed by atoms with E-state index in [1.165, 1.54) is 0 Å². The van der Waals surface area contributed by atoms with Crippen molar-refractivity contribution < 1.29 is 14.4 Å². The van der Waals surface area contributed by atoms with Crippen LogP contribution in [0.1, 0.15) is 27.7 Å². The van der Waals surface area contributed by atoms with E-state index in [1.54, 1.807) is 4.68 Å². The predicted molar refractivity (Wildman–Crippen MR) is 82.5 cm³/mol. The number of fused-ring (bicyclic) bond motifs is 1. The Morgan fingerprint density at radius 3 is 2.48 bits per heavy atom. The largest absolute Gasteiger partial charge is 0.494 e. The van der Waals surface area contributed by atoms with Gasteiger partial charge < -0.3 is 14.4 Å². The van der Waals surface area contributed by atoms with Crippen molar-refractivity contribution in [1.29, 1.82) is 0 Å². The molecule has 0 spiro atoms. The number of aromatic nitrogens is 2. The van der Waals surface area contributed by atoms with E-state index in [-0.39, 0.29) is 24.9 Å². The van der Waals surface area contributed by atoms with Crippen LogP contribution in [0, 0.1) is 0 Å². The predicted octanol–water partition coefficient (Wildman–Crippen LogP) is 1.33. The lowest BCUT2D eigenvalue weighted by molar-refractivity contribution is 0.00578. The van der Waals surface area contributed by atoms with Crippen molar-refractivity contribution in [2.45, 2.75) is 45.4 Å². The molecule has 1 aromatic heterocycles. The van der Waals surface area contributed by atoms with Gasteiger partial charge in [-0.1, -0.05) is 12.1 Å². The fraction of sp³-hybridized carbons (Fsp3) is 0.533. The van der Waals surface area contributed by atoms with E-state index in [1.807, 2.05) is 52.1 Å². The average molecular weight is 288 g/mol. The summed E-state index contributed by atoms with van der Waals surface area (Å²) in [4.78, 5) is 0. The van der Waals surface area contributed by atoms with Crippen LogP contribution in [-0.4, -0.2) is 39.8 Å². The quantitative estimate of drug-likeness (QED) is 0.866. The third kappa shape index (κ3) is 2.48. The summed E-state index contributed by atoms with van der Waals surface area (Å²) in [7, 11) is -0.361. The van der Waals surface area contributed by atoms with Crippen LogP contribution in [0.25, 0.3) is 10.9 Å². The van der Waals surface area contributed by atoms with E-state index in [4.69, 9.17) is 14.4 Å². The number of aliphatic hydroxyl groups is 1. The third-order valence-corrected chi connectivity index (χ3v) is 4.43. The van der Waals surface area contributed by atoms with Crippen molar-refractivity contribution in [3.63, 3.8) is 0 Å². The van der Waals surface area contributed by atoms with Crippen LogP contribution in [0.5, 0.6) is 0 Å². The molecular formula is C15H21BN2O3. The van der Waals surface area contributed by atoms with Gasteiger partial charge in [-0.05, 0) is 39.2 Å². The number of benzene rings is 1. The molecule has 1 aliphatic rings. The maximum absolute atomic E-state index is 8.99. The summed E-state index contributed by atoms with van der Waals surface area (Å²) in [6.07, 6.45) is 1.93. The second kappa shape index (κ2) is 4.83. The second-order valence-corrected chi connectivity index (χ2v) is 6.52. The number of hydrogen-bond acceptors (Lipinski definition) is 4. The van der Waals surface area contributed by atoms with Gasteiger partial charge in [0.1, 0.15) is 0 Å². The fourth-order valence-electron chi connectivity index (χ4n) is 2.44. The highest BCUT2D eigenvalue weighted by molar-refractivity contribution is 6.62. The molecule has 1 aromatic carbocycles. The molecule has 1 saturated heterocycles. The highest BCUT2D eigenvalue weighted by Crippen LogP contribution is 2.36. The van der Waals surface area contributed by atoms with Gasteiger partial charge in [0.2, 0.25) is 0 Å². The summed E-state index contributed by atoms with van der Waals surface area (Å²) in [5.41, 5.74) is 1.22. The van der Waals surface area contributed by atoms with E-state index in [9.17, 15) is 0 Å². The summed E-state index contributed by atoms with van der Waals surface area (Å²) < 4.78 is 13.9. The van der Waals surface area contributed by atoms with Crippen LogP contribution >= 0.6 is 0 Å². The lowest BCUT2D eigenvalue weighted by Gasteiger charge is -2.32. The molecule has 0 radical (unpaired) electrons. The van der Waals surface area contributed by atoms with E-state index < -0.39 is 0 Å². The first kappa shape index (κ1) is 14.6. The molecule has 0 saturated carbocycles. The Bertz CT molecular complexity index is 650. The summed E-state index contributed by atoms with van der Waals surface area (Å²) in [5.74, 6) is 0. The molecule has 6 heteroatoms. The zero-order chi connectivity index (χ0) is 15.3. The molecule has 0 amide bonds. The van der Waals surface area contributed by atoms with Crippen LogP contribution in [0.3, 0.4) is 0 Å². The van der Waals surface area contributed by atoms with Gasteiger partial charge in [0.25, 0.3) is 0 Å². The minimum atomic E-state index is -0.361. The van der Waals surface area contributed by atoms with E-state index in [0.717, 1.165) is 16.4 Å². The molecule has 0 atom stereocenters. The zero-order valence-corrected chi connectivity index (χ0v) is 13.0. The molecule has 0 unspecified atom stereocenters. The van der Waals surface area contributed by atoms with Crippen LogP contribution in [-0.2, 0) is 15.9 Å². The van der Waals surface area contributed by atoms with Crippen molar-refractivity contribution >= 4 is 23.5 Å². The molecule has 2 aromatic rings. The van der Waals surface area contributed by atoms with Gasteiger partial charge >= 0.3 is 7.12 Å². The van der Waals surface area contributed by atoms with Crippen molar-refractivity contribution in [2.24, 2.45) is 0 Å². The molecule has 2 heterocycles. The molecule has 0 aliphatic carbocycles. The third-order valence-electron chi connectivity index (χ3n) is 4.43. The van der Waals surface area contributed by atoms with Gasteiger partial charge in [-0.3, -0.25) is 4.68 Å². The summed E-state index contributed by atoms with van der Waals surface area (Å²) in [5, 5.41) is 14.4. The Balaban J connectivity index is 1.91. The van der Waals surface area contributed by atoms with Gasteiger partial charge in [-0.25, -0.2) is 0 Å². The molecule has 0 bridgehead atoms. The number of aliphatic hydroxyl groups excluding tert-OH is 1. The van der Waals surface area contributed by atoms with Crippen molar-refractivity contribution in [2.75, 3.05) is 6.61 Å². The normalized spacial score (nSPS) is 20.3. The van der Waals surface area contributed by atoms with Crippen molar-refractivity contribution in [3.05, 3.63) is 24.4 Å². The Kier molecular flexibility index (Phi) is 3.35. The molecule has 1 fully saturated rings. The van der Waals surface area contributed by atoms with Crippen LogP contribution < -0.4 is 5.46 Å². The van der Waals surface area contributed by atoms with Gasteiger partial charge in [0.15, 0.2) is 0 Å². The van der Waals surface area contributed by atoms with Crippen molar-refractivity contribution in [1.82, 2.24) is 9.78 Å². The highest BCUT2D eigenvalue weighted by Gasteiger charge is 2.51. The van der Waals surface area contributed by atoms with Crippen LogP contribution in [0.2, 0.25) is 0 Å². The van der Waals surface area contributed by atoms with E-state index >= 15 is 0 Å². The monoisotopic (exact) mass is 288 g/mol. The molecule has 3 rings (SSSR count). The molecule has 1 aliphatic heterocycles. The van der Waals surface area contributed by atoms with Gasteiger partial charge in [0.05, 0.1) is 29.9 Å². The average Bonchev–Trinajstić information content (AvgIpc) is 2.87. The smallest absolute Gasteiger partial charge is 0.399 e. The van der Waals surface area contributed by atoms with E-state index in [2.05, 4.69) is 5.10 Å². The zero-order valence-electron chi connectivity index (χ0n) is 13.0. The van der Waals surface area contributed by atoms with Crippen LogP contribution in [0.4, 0.5) is 0 Å². The Hall–Kier alpha value is -1.37. The maximum atomic E-state index is 8.99. The molecular weight excluding hydrogens is 267 g/mol. The van der Waals surface area contributed by atoms with Gasteiger partial charge in [-0.15, -0.1) is 0 Å². The minimum Gasteiger partial charge on any atom is -0.399 e. The Morgan fingerprint density at radius 1 is 1.19 bits per heavy atom. The number of nitrogens with zero attached hydrogens (tertiary/aromatic N) is 2. The molecule has 5 nitrogen and oxygen atoms in total. The standard InChI is InChI=1S/C15H21BN2O3/c1-14(2)15(3,4)21-16(20-14)12-5-6-13-11(9-12)10-18(17-13)7-8-19/h5-6,9-10,19H,7-8H2,1-4H3.